The van der Waals surface area contributed by atoms with E-state index in [-0.39, 0.29) is 4.90 Å². The molecular formula is C17H15FN2O3S2. The molecule has 0 aliphatic carbocycles. The van der Waals surface area contributed by atoms with Gasteiger partial charge in [0.25, 0.3) is 10.0 Å². The van der Waals surface area contributed by atoms with Crippen molar-refractivity contribution in [2.45, 2.75) is 11.4 Å². The first kappa shape index (κ1) is 17.4. The van der Waals surface area contributed by atoms with Crippen molar-refractivity contribution in [2.24, 2.45) is 4.40 Å². The van der Waals surface area contributed by atoms with Crippen LogP contribution in [0.2, 0.25) is 0 Å². The average molecular weight is 378 g/mol. The van der Waals surface area contributed by atoms with Crippen molar-refractivity contribution in [1.82, 2.24) is 4.57 Å². The molecule has 0 amide bonds. The summed E-state index contributed by atoms with van der Waals surface area (Å²) >= 11 is 1.23. The van der Waals surface area contributed by atoms with Gasteiger partial charge in [-0.2, -0.15) is 8.42 Å². The number of halogens is 1. The molecule has 5 nitrogen and oxygen atoms in total. The van der Waals surface area contributed by atoms with Crippen LogP contribution in [0.15, 0.2) is 64.4 Å². The Morgan fingerprint density at radius 2 is 2.00 bits per heavy atom. The van der Waals surface area contributed by atoms with Crippen molar-refractivity contribution >= 4 is 31.6 Å². The van der Waals surface area contributed by atoms with E-state index < -0.39 is 15.8 Å². The first-order valence-electron chi connectivity index (χ1n) is 7.29. The number of fused-ring (bicyclic) bond motifs is 1. The molecule has 0 aliphatic heterocycles. The minimum absolute atomic E-state index is 0.0610. The van der Waals surface area contributed by atoms with E-state index in [1.165, 1.54) is 23.5 Å². The van der Waals surface area contributed by atoms with Gasteiger partial charge >= 0.3 is 0 Å². The topological polar surface area (TPSA) is 60.7 Å². The number of thiazole rings is 1. The molecule has 1 aromatic heterocycles. The highest BCUT2D eigenvalue weighted by atomic mass is 32.2. The van der Waals surface area contributed by atoms with Gasteiger partial charge in [-0.15, -0.1) is 11.0 Å². The lowest BCUT2D eigenvalue weighted by atomic mass is 10.3. The fourth-order valence-corrected chi connectivity index (χ4v) is 4.59. The summed E-state index contributed by atoms with van der Waals surface area (Å²) in [6.07, 6.45) is 1.67. The number of aromatic nitrogens is 1. The number of rotatable bonds is 5. The Morgan fingerprint density at radius 3 is 2.64 bits per heavy atom. The molecule has 0 atom stereocenters. The summed E-state index contributed by atoms with van der Waals surface area (Å²) in [5.74, 6) is 0.169. The van der Waals surface area contributed by atoms with Crippen LogP contribution >= 0.6 is 11.3 Å². The Morgan fingerprint density at radius 1 is 1.28 bits per heavy atom. The van der Waals surface area contributed by atoms with Crippen molar-refractivity contribution < 1.29 is 17.5 Å². The molecule has 0 radical (unpaired) electrons. The molecule has 0 spiro atoms. The average Bonchev–Trinajstić information content (AvgIpc) is 2.91. The molecule has 1 heterocycles. The van der Waals surface area contributed by atoms with Crippen LogP contribution in [0.5, 0.6) is 5.75 Å². The van der Waals surface area contributed by atoms with Gasteiger partial charge in [-0.05, 0) is 42.5 Å². The van der Waals surface area contributed by atoms with E-state index in [1.54, 1.807) is 23.8 Å². The maximum absolute atomic E-state index is 13.0. The van der Waals surface area contributed by atoms with E-state index in [2.05, 4.69) is 11.0 Å². The zero-order valence-corrected chi connectivity index (χ0v) is 15.0. The van der Waals surface area contributed by atoms with E-state index in [0.717, 1.165) is 22.3 Å². The predicted octanol–water partition coefficient (Wildman–Crippen LogP) is 3.33. The van der Waals surface area contributed by atoms with Crippen LogP contribution in [0, 0.1) is 5.82 Å². The van der Waals surface area contributed by atoms with Crippen LogP contribution in [-0.4, -0.2) is 20.1 Å². The monoisotopic (exact) mass is 378 g/mol. The highest BCUT2D eigenvalue weighted by Crippen LogP contribution is 2.23. The summed E-state index contributed by atoms with van der Waals surface area (Å²) in [5, 5.41) is 0. The zero-order chi connectivity index (χ0) is 18.0. The lowest BCUT2D eigenvalue weighted by molar-refractivity contribution is 0.415. The van der Waals surface area contributed by atoms with Gasteiger partial charge < -0.3 is 9.30 Å². The number of benzene rings is 2. The van der Waals surface area contributed by atoms with Crippen LogP contribution in [0.3, 0.4) is 0 Å². The Kier molecular flexibility index (Phi) is 4.73. The molecule has 0 N–H and O–H groups in total. The number of sulfonamides is 1. The third-order valence-corrected chi connectivity index (χ3v) is 5.95. The standard InChI is InChI=1S/C17H15FN2O3S2/c1-3-10-20-15-9-6-13(23-2)11-16(15)24-17(20)19-25(21,22)14-7-4-12(18)5-8-14/h3-9,11H,1,10H2,2H3/b19-17-. The number of allylic oxidation sites excluding steroid dienone is 1. The number of hydrogen-bond donors (Lipinski definition) is 0. The molecule has 0 saturated heterocycles. The lowest BCUT2D eigenvalue weighted by Crippen LogP contribution is -2.16. The van der Waals surface area contributed by atoms with Crippen molar-refractivity contribution in [1.29, 1.82) is 0 Å². The van der Waals surface area contributed by atoms with Gasteiger partial charge in [-0.3, -0.25) is 0 Å². The fourth-order valence-electron chi connectivity index (χ4n) is 2.32. The van der Waals surface area contributed by atoms with Gasteiger partial charge in [0.2, 0.25) is 4.80 Å². The molecule has 8 heteroatoms. The molecule has 25 heavy (non-hydrogen) atoms. The highest BCUT2D eigenvalue weighted by molar-refractivity contribution is 7.90. The maximum atomic E-state index is 13.0. The van der Waals surface area contributed by atoms with Crippen molar-refractivity contribution in [2.75, 3.05) is 7.11 Å². The molecule has 3 rings (SSSR count). The number of methoxy groups -OCH3 is 1. The van der Waals surface area contributed by atoms with Gasteiger partial charge in [0, 0.05) is 6.54 Å². The van der Waals surface area contributed by atoms with Crippen LogP contribution in [0.1, 0.15) is 0 Å². The third-order valence-electron chi connectivity index (χ3n) is 3.51. The van der Waals surface area contributed by atoms with E-state index in [0.29, 0.717) is 17.1 Å². The quantitative estimate of drug-likeness (QED) is 0.640. The first-order chi connectivity index (χ1) is 11.9. The Labute approximate surface area is 148 Å². The van der Waals surface area contributed by atoms with Crippen LogP contribution in [0.25, 0.3) is 10.2 Å². The minimum atomic E-state index is -3.95. The van der Waals surface area contributed by atoms with Crippen molar-refractivity contribution in [3.05, 3.63) is 65.7 Å². The molecule has 0 bridgehead atoms. The SMILES string of the molecule is C=CCn1/c(=N/S(=O)(=O)c2ccc(F)cc2)sc2cc(OC)ccc21. The summed E-state index contributed by atoms with van der Waals surface area (Å²) in [4.78, 5) is 0.251. The second-order valence-electron chi connectivity index (χ2n) is 5.14. The van der Waals surface area contributed by atoms with Crippen LogP contribution < -0.4 is 9.54 Å². The summed E-state index contributed by atoms with van der Waals surface area (Å²) in [6.45, 7) is 4.11. The van der Waals surface area contributed by atoms with Crippen molar-refractivity contribution in [3.63, 3.8) is 0 Å². The number of nitrogens with zero attached hydrogens (tertiary/aromatic N) is 2. The van der Waals surface area contributed by atoms with E-state index >= 15 is 0 Å². The molecule has 3 aromatic rings. The summed E-state index contributed by atoms with van der Waals surface area (Å²) < 4.78 is 49.8. The molecular weight excluding hydrogens is 363 g/mol. The van der Waals surface area contributed by atoms with Gasteiger partial charge in [0.15, 0.2) is 0 Å². The number of hydrogen-bond acceptors (Lipinski definition) is 4. The van der Waals surface area contributed by atoms with Gasteiger partial charge in [0.05, 0.1) is 22.2 Å². The van der Waals surface area contributed by atoms with E-state index in [4.69, 9.17) is 4.74 Å². The second kappa shape index (κ2) is 6.81. The molecule has 0 saturated carbocycles. The summed E-state index contributed by atoms with van der Waals surface area (Å²) in [5.41, 5.74) is 0.832. The molecule has 2 aromatic carbocycles. The predicted molar refractivity (Wildman–Crippen MR) is 95.7 cm³/mol. The zero-order valence-electron chi connectivity index (χ0n) is 13.3. The minimum Gasteiger partial charge on any atom is -0.497 e. The molecule has 0 fully saturated rings. The third kappa shape index (κ3) is 3.49. The maximum Gasteiger partial charge on any atom is 0.285 e. The fraction of sp³-hybridized carbons (Fsp3) is 0.118. The summed E-state index contributed by atoms with van der Waals surface area (Å²) in [6, 6.07) is 10.0. The first-order valence-corrected chi connectivity index (χ1v) is 9.55. The normalized spacial score (nSPS) is 12.5. The Bertz CT molecular complexity index is 1100. The largest absolute Gasteiger partial charge is 0.497 e. The molecule has 0 aliphatic rings. The molecule has 0 unspecified atom stereocenters. The van der Waals surface area contributed by atoms with Crippen molar-refractivity contribution in [3.8, 4) is 5.75 Å². The smallest absolute Gasteiger partial charge is 0.285 e. The van der Waals surface area contributed by atoms with Crippen LogP contribution in [-0.2, 0) is 16.6 Å². The summed E-state index contributed by atoms with van der Waals surface area (Å²) in [7, 11) is -2.39. The second-order valence-corrected chi connectivity index (χ2v) is 7.75. The van der Waals surface area contributed by atoms with Gasteiger partial charge in [0.1, 0.15) is 11.6 Å². The highest BCUT2D eigenvalue weighted by Gasteiger charge is 2.15. The van der Waals surface area contributed by atoms with Crippen LogP contribution in [0.4, 0.5) is 4.39 Å². The van der Waals surface area contributed by atoms with Gasteiger partial charge in [-0.1, -0.05) is 17.4 Å². The number of ether oxygens (including phenoxy) is 1. The van der Waals surface area contributed by atoms with E-state index in [9.17, 15) is 12.8 Å². The van der Waals surface area contributed by atoms with Gasteiger partial charge in [-0.25, -0.2) is 4.39 Å². The molecule has 130 valence electrons. The Hall–Kier alpha value is -2.45. The lowest BCUT2D eigenvalue weighted by Gasteiger charge is -2.03. The van der Waals surface area contributed by atoms with E-state index in [1.807, 2.05) is 12.1 Å². The Balaban J connectivity index is 2.22.